The minimum absolute atomic E-state index is 0.251. The summed E-state index contributed by atoms with van der Waals surface area (Å²) in [5, 5.41) is 49.8. The number of phenolic OH excluding ortho intramolecular Hbond substituents is 2. The van der Waals surface area contributed by atoms with Crippen molar-refractivity contribution in [3.63, 3.8) is 0 Å². The Labute approximate surface area is 167 Å². The van der Waals surface area contributed by atoms with Gasteiger partial charge < -0.3 is 39.7 Å². The summed E-state index contributed by atoms with van der Waals surface area (Å²) < 4.78 is 17.7. The molecule has 0 radical (unpaired) electrons. The fourth-order valence-corrected chi connectivity index (χ4v) is 3.74. The van der Waals surface area contributed by atoms with E-state index in [4.69, 9.17) is 14.2 Å². The van der Waals surface area contributed by atoms with E-state index in [2.05, 4.69) is 0 Å². The lowest BCUT2D eigenvalue weighted by molar-refractivity contribution is -0.310. The van der Waals surface area contributed by atoms with Crippen LogP contribution < -0.4 is 4.74 Å². The van der Waals surface area contributed by atoms with E-state index in [1.54, 1.807) is 13.0 Å². The van der Waals surface area contributed by atoms with E-state index in [1.165, 1.54) is 12.1 Å². The zero-order valence-corrected chi connectivity index (χ0v) is 15.8. The fourth-order valence-electron chi connectivity index (χ4n) is 3.74. The third-order valence-electron chi connectivity index (χ3n) is 5.43. The predicted octanol–water partition coefficient (Wildman–Crippen LogP) is 0.987. The highest BCUT2D eigenvalue weighted by molar-refractivity contribution is 5.43. The molecule has 7 atom stereocenters. The highest BCUT2D eigenvalue weighted by atomic mass is 16.7. The van der Waals surface area contributed by atoms with Crippen molar-refractivity contribution in [1.82, 2.24) is 0 Å². The van der Waals surface area contributed by atoms with Gasteiger partial charge in [-0.05, 0) is 36.2 Å². The number of para-hydroxylation sites is 1. The van der Waals surface area contributed by atoms with Crippen LogP contribution in [0.15, 0.2) is 42.5 Å². The first-order chi connectivity index (χ1) is 13.8. The topological polar surface area (TPSA) is 129 Å². The molecule has 2 aliphatic heterocycles. The van der Waals surface area contributed by atoms with Gasteiger partial charge in [0, 0.05) is 6.42 Å². The van der Waals surface area contributed by atoms with Gasteiger partial charge in [-0.2, -0.15) is 0 Å². The Kier molecular flexibility index (Phi) is 5.37. The molecule has 0 spiro atoms. The number of aromatic hydroxyl groups is 2. The summed E-state index contributed by atoms with van der Waals surface area (Å²) in [4.78, 5) is 0. The summed E-state index contributed by atoms with van der Waals surface area (Å²) in [5.74, 6) is 0.128. The summed E-state index contributed by atoms with van der Waals surface area (Å²) in [6, 6.07) is 11.8. The van der Waals surface area contributed by atoms with Crippen molar-refractivity contribution in [2.75, 3.05) is 0 Å². The molecular formula is C21H24O8. The van der Waals surface area contributed by atoms with E-state index in [1.807, 2.05) is 24.3 Å². The van der Waals surface area contributed by atoms with Crippen molar-refractivity contribution in [2.45, 2.75) is 56.3 Å². The monoisotopic (exact) mass is 404 g/mol. The van der Waals surface area contributed by atoms with Crippen molar-refractivity contribution in [2.24, 2.45) is 0 Å². The second-order valence-electron chi connectivity index (χ2n) is 7.45. The van der Waals surface area contributed by atoms with Gasteiger partial charge in [0.2, 0.25) is 0 Å². The molecule has 0 aliphatic carbocycles. The molecule has 29 heavy (non-hydrogen) atoms. The Morgan fingerprint density at radius 2 is 1.69 bits per heavy atom. The second kappa shape index (κ2) is 7.81. The van der Waals surface area contributed by atoms with Crippen molar-refractivity contribution < 1.29 is 39.7 Å². The van der Waals surface area contributed by atoms with E-state index in [9.17, 15) is 25.5 Å². The zero-order valence-electron chi connectivity index (χ0n) is 15.8. The molecule has 5 N–H and O–H groups in total. The lowest BCUT2D eigenvalue weighted by Crippen LogP contribution is -2.58. The molecule has 1 fully saturated rings. The van der Waals surface area contributed by atoms with Crippen LogP contribution in [0.1, 0.15) is 24.2 Å². The number of hydrogen-bond acceptors (Lipinski definition) is 8. The molecule has 0 saturated carbocycles. The van der Waals surface area contributed by atoms with Crippen LogP contribution >= 0.6 is 0 Å². The summed E-state index contributed by atoms with van der Waals surface area (Å²) in [6.45, 7) is 1.58. The molecule has 2 aromatic rings. The van der Waals surface area contributed by atoms with Crippen molar-refractivity contribution in [1.29, 1.82) is 0 Å². The fraction of sp³-hybridized carbons (Fsp3) is 0.429. The number of benzene rings is 2. The van der Waals surface area contributed by atoms with Crippen LogP contribution in [-0.2, 0) is 15.9 Å². The Morgan fingerprint density at radius 3 is 2.45 bits per heavy atom. The molecule has 0 bridgehead atoms. The van der Waals surface area contributed by atoms with E-state index >= 15 is 0 Å². The second-order valence-corrected chi connectivity index (χ2v) is 7.45. The number of ether oxygens (including phenoxy) is 3. The van der Waals surface area contributed by atoms with Gasteiger partial charge >= 0.3 is 0 Å². The molecule has 8 nitrogen and oxygen atoms in total. The first kappa shape index (κ1) is 19.9. The molecule has 2 unspecified atom stereocenters. The van der Waals surface area contributed by atoms with Crippen LogP contribution in [0.2, 0.25) is 0 Å². The third kappa shape index (κ3) is 3.77. The first-order valence-electron chi connectivity index (χ1n) is 9.46. The summed E-state index contributed by atoms with van der Waals surface area (Å²) in [6.07, 6.45) is -6.82. The molecule has 156 valence electrons. The van der Waals surface area contributed by atoms with E-state index < -0.39 is 42.9 Å². The zero-order chi connectivity index (χ0) is 20.7. The molecule has 2 heterocycles. The number of fused-ring (bicyclic) bond motifs is 1. The van der Waals surface area contributed by atoms with Crippen molar-refractivity contribution >= 4 is 0 Å². The summed E-state index contributed by atoms with van der Waals surface area (Å²) in [7, 11) is 0. The molecule has 0 amide bonds. The lowest BCUT2D eigenvalue weighted by Gasteiger charge is -2.42. The Hall–Kier alpha value is -2.36. The van der Waals surface area contributed by atoms with Gasteiger partial charge in [-0.15, -0.1) is 0 Å². The molecular weight excluding hydrogens is 380 g/mol. The predicted molar refractivity (Wildman–Crippen MR) is 101 cm³/mol. The van der Waals surface area contributed by atoms with Gasteiger partial charge in [-0.25, -0.2) is 0 Å². The average Bonchev–Trinajstić information content (AvgIpc) is 2.72. The van der Waals surface area contributed by atoms with Crippen LogP contribution in [-0.4, -0.2) is 62.3 Å². The highest BCUT2D eigenvalue weighted by Gasteiger charge is 2.45. The first-order valence-corrected chi connectivity index (χ1v) is 9.46. The standard InChI is InChI=1S/C21H24O8/c1-10-17(24)18(25)19(26)21(27-10)29-16-9-11-4-2-3-5-15(11)28-20(16)12-6-7-13(22)14(23)8-12/h2-8,10,16-26H,9H2,1H3/t10-,16?,17-,18+,19+,20?,21-/m1/s1. The van der Waals surface area contributed by atoms with Crippen molar-refractivity contribution in [3.8, 4) is 17.2 Å². The Morgan fingerprint density at radius 1 is 0.931 bits per heavy atom. The number of hydrogen-bond donors (Lipinski definition) is 5. The molecule has 1 saturated heterocycles. The summed E-state index contributed by atoms with van der Waals surface area (Å²) >= 11 is 0. The molecule has 0 aromatic heterocycles. The largest absolute Gasteiger partial charge is 0.504 e. The maximum atomic E-state index is 10.3. The number of phenols is 2. The molecule has 2 aromatic carbocycles. The average molecular weight is 404 g/mol. The lowest BCUT2D eigenvalue weighted by atomic mass is 9.94. The van der Waals surface area contributed by atoms with Gasteiger partial charge in [0.05, 0.1) is 6.10 Å². The van der Waals surface area contributed by atoms with E-state index in [-0.39, 0.29) is 11.5 Å². The maximum Gasteiger partial charge on any atom is 0.187 e. The maximum absolute atomic E-state index is 10.3. The van der Waals surface area contributed by atoms with E-state index in [0.717, 1.165) is 5.56 Å². The smallest absolute Gasteiger partial charge is 0.187 e. The quantitative estimate of drug-likeness (QED) is 0.479. The van der Waals surface area contributed by atoms with Gasteiger partial charge in [0.25, 0.3) is 0 Å². The highest BCUT2D eigenvalue weighted by Crippen LogP contribution is 2.40. The number of aliphatic hydroxyl groups is 3. The third-order valence-corrected chi connectivity index (χ3v) is 5.43. The number of aliphatic hydroxyl groups excluding tert-OH is 3. The molecule has 8 heteroatoms. The Balaban J connectivity index is 1.64. The van der Waals surface area contributed by atoms with Crippen LogP contribution in [0.5, 0.6) is 17.2 Å². The van der Waals surface area contributed by atoms with E-state index in [0.29, 0.717) is 17.7 Å². The van der Waals surface area contributed by atoms with Gasteiger partial charge in [-0.3, -0.25) is 0 Å². The normalized spacial score (nSPS) is 34.3. The Bertz CT molecular complexity index is 872. The van der Waals surface area contributed by atoms with Crippen LogP contribution in [0.25, 0.3) is 0 Å². The number of rotatable bonds is 3. The minimum atomic E-state index is -1.44. The molecule has 2 aliphatic rings. The van der Waals surface area contributed by atoms with Crippen LogP contribution in [0.3, 0.4) is 0 Å². The summed E-state index contributed by atoms with van der Waals surface area (Å²) in [5.41, 5.74) is 1.47. The van der Waals surface area contributed by atoms with Gasteiger partial charge in [0.15, 0.2) is 23.9 Å². The van der Waals surface area contributed by atoms with Crippen molar-refractivity contribution in [3.05, 3.63) is 53.6 Å². The van der Waals surface area contributed by atoms with Crippen LogP contribution in [0.4, 0.5) is 0 Å². The minimum Gasteiger partial charge on any atom is -0.504 e. The molecule has 4 rings (SSSR count). The SMILES string of the molecule is C[C@H]1O[C@H](OC2Cc3ccccc3OC2c2ccc(O)c(O)c2)[C@@H](O)[C@@H](O)[C@@H]1O. The van der Waals surface area contributed by atoms with Gasteiger partial charge in [0.1, 0.15) is 30.2 Å². The van der Waals surface area contributed by atoms with Crippen LogP contribution in [0, 0.1) is 0 Å². The van der Waals surface area contributed by atoms with Gasteiger partial charge in [-0.1, -0.05) is 24.3 Å².